The summed E-state index contributed by atoms with van der Waals surface area (Å²) in [6.07, 6.45) is 3.81. The molecule has 1 N–H and O–H groups in total. The van der Waals surface area contributed by atoms with Crippen LogP contribution in [0, 0.1) is 20.8 Å². The van der Waals surface area contributed by atoms with Gasteiger partial charge < -0.3 is 9.88 Å². The van der Waals surface area contributed by atoms with Gasteiger partial charge in [0.15, 0.2) is 5.82 Å². The molecule has 0 saturated heterocycles. The Balaban J connectivity index is 2.00. The number of aromatic nitrogens is 2. The zero-order valence-corrected chi connectivity index (χ0v) is 14.1. The highest BCUT2D eigenvalue weighted by molar-refractivity contribution is 5.93. The Morgan fingerprint density at radius 1 is 1.22 bits per heavy atom. The van der Waals surface area contributed by atoms with Crippen molar-refractivity contribution in [3.8, 4) is 0 Å². The van der Waals surface area contributed by atoms with Crippen LogP contribution in [0.4, 0.5) is 5.82 Å². The molecule has 0 unspecified atom stereocenters. The summed E-state index contributed by atoms with van der Waals surface area (Å²) in [5, 5.41) is 4.76. The first-order chi connectivity index (χ1) is 11.1. The molecule has 0 aliphatic rings. The van der Waals surface area contributed by atoms with Gasteiger partial charge in [0.1, 0.15) is 0 Å². The molecule has 23 heavy (non-hydrogen) atoms. The molecule has 3 nitrogen and oxygen atoms in total. The van der Waals surface area contributed by atoms with Crippen LogP contribution in [0.5, 0.6) is 0 Å². The van der Waals surface area contributed by atoms with Crippen molar-refractivity contribution < 1.29 is 0 Å². The van der Waals surface area contributed by atoms with Gasteiger partial charge in [-0.3, -0.25) is 0 Å². The maximum Gasteiger partial charge on any atom is 0.150 e. The first-order valence-corrected chi connectivity index (χ1v) is 7.96. The fourth-order valence-electron chi connectivity index (χ4n) is 3.09. The Kier molecular flexibility index (Phi) is 4.20. The minimum absolute atomic E-state index is 0.769. The Hall–Kier alpha value is -2.55. The summed E-state index contributed by atoms with van der Waals surface area (Å²) in [6.45, 7) is 11.9. The van der Waals surface area contributed by atoms with Gasteiger partial charge in [-0.1, -0.05) is 35.9 Å². The van der Waals surface area contributed by atoms with Gasteiger partial charge in [-0.05, 0) is 38.0 Å². The molecule has 2 heterocycles. The number of benzene rings is 1. The largest absolute Gasteiger partial charge is 0.364 e. The van der Waals surface area contributed by atoms with Crippen molar-refractivity contribution in [2.45, 2.75) is 33.9 Å². The summed E-state index contributed by atoms with van der Waals surface area (Å²) in [6, 6.07) is 10.6. The molecule has 118 valence electrons. The first kappa shape index (κ1) is 15.3. The Morgan fingerprint density at radius 3 is 2.78 bits per heavy atom. The van der Waals surface area contributed by atoms with Gasteiger partial charge in [0, 0.05) is 30.4 Å². The molecule has 3 heteroatoms. The summed E-state index contributed by atoms with van der Waals surface area (Å²) in [7, 11) is 0. The molecule has 0 saturated carbocycles. The summed E-state index contributed by atoms with van der Waals surface area (Å²) >= 11 is 0. The van der Waals surface area contributed by atoms with E-state index in [1.165, 1.54) is 27.8 Å². The van der Waals surface area contributed by atoms with Crippen LogP contribution in [0.25, 0.3) is 10.9 Å². The number of anilines is 1. The fourth-order valence-corrected chi connectivity index (χ4v) is 3.09. The molecule has 0 aliphatic heterocycles. The molecule has 0 amide bonds. The lowest BCUT2D eigenvalue weighted by atomic mass is 10.1. The molecule has 1 aromatic carbocycles. The number of pyridine rings is 1. The zero-order chi connectivity index (χ0) is 16.4. The molecule has 2 aromatic heterocycles. The molecule has 0 radical (unpaired) electrons. The highest BCUT2D eigenvalue weighted by Crippen LogP contribution is 2.29. The van der Waals surface area contributed by atoms with Crippen molar-refractivity contribution >= 4 is 16.7 Å². The minimum Gasteiger partial charge on any atom is -0.364 e. The minimum atomic E-state index is 0.769. The van der Waals surface area contributed by atoms with Gasteiger partial charge in [-0.25, -0.2) is 4.98 Å². The van der Waals surface area contributed by atoms with E-state index in [-0.39, 0.29) is 0 Å². The normalized spacial score (nSPS) is 10.9. The Labute approximate surface area is 137 Å². The van der Waals surface area contributed by atoms with Gasteiger partial charge in [0.25, 0.3) is 0 Å². The van der Waals surface area contributed by atoms with Crippen molar-refractivity contribution in [3.63, 3.8) is 0 Å². The third kappa shape index (κ3) is 2.87. The second-order valence-electron chi connectivity index (χ2n) is 6.01. The van der Waals surface area contributed by atoms with E-state index < -0.39 is 0 Å². The molecule has 3 rings (SSSR count). The molecule has 0 atom stereocenters. The van der Waals surface area contributed by atoms with Crippen LogP contribution in [0.1, 0.15) is 22.4 Å². The second-order valence-corrected chi connectivity index (χ2v) is 6.01. The maximum atomic E-state index is 4.58. The van der Waals surface area contributed by atoms with E-state index in [4.69, 9.17) is 0 Å². The van der Waals surface area contributed by atoms with Gasteiger partial charge >= 0.3 is 0 Å². The highest BCUT2D eigenvalue weighted by atomic mass is 15.1. The molecule has 3 aromatic rings. The van der Waals surface area contributed by atoms with E-state index in [0.29, 0.717) is 0 Å². The van der Waals surface area contributed by atoms with Crippen LogP contribution < -0.4 is 5.32 Å². The summed E-state index contributed by atoms with van der Waals surface area (Å²) in [5.74, 6) is 0.932. The standard InChI is InChI=1S/C20H23N3/c1-5-11-23-16(4)15(3)18-9-10-21-20(19(18)23)22-13-17-8-6-7-14(2)12-17/h5-10,12H,1,11,13H2,2-4H3,(H,21,22). The Morgan fingerprint density at radius 2 is 2.04 bits per heavy atom. The van der Waals surface area contributed by atoms with E-state index in [1.807, 2.05) is 12.3 Å². The number of fused-ring (bicyclic) bond motifs is 1. The molecule has 0 bridgehead atoms. The van der Waals surface area contributed by atoms with Crippen LogP contribution in [0.2, 0.25) is 0 Å². The highest BCUT2D eigenvalue weighted by Gasteiger charge is 2.14. The third-order valence-corrected chi connectivity index (χ3v) is 4.40. The number of hydrogen-bond donors (Lipinski definition) is 1. The predicted molar refractivity (Wildman–Crippen MR) is 97.9 cm³/mol. The fraction of sp³-hybridized carbons (Fsp3) is 0.250. The summed E-state index contributed by atoms with van der Waals surface area (Å²) in [4.78, 5) is 4.58. The quantitative estimate of drug-likeness (QED) is 0.689. The van der Waals surface area contributed by atoms with E-state index in [2.05, 4.69) is 72.5 Å². The monoisotopic (exact) mass is 305 g/mol. The average molecular weight is 305 g/mol. The molecular weight excluding hydrogens is 282 g/mol. The van der Waals surface area contributed by atoms with Gasteiger partial charge in [0.2, 0.25) is 0 Å². The van der Waals surface area contributed by atoms with Crippen molar-refractivity contribution in [1.82, 2.24) is 9.55 Å². The lowest BCUT2D eigenvalue weighted by Crippen LogP contribution is -2.05. The lowest BCUT2D eigenvalue weighted by molar-refractivity contribution is 0.822. The van der Waals surface area contributed by atoms with Gasteiger partial charge in [-0.15, -0.1) is 6.58 Å². The number of hydrogen-bond acceptors (Lipinski definition) is 2. The molecule has 0 aliphatic carbocycles. The number of rotatable bonds is 5. The number of nitrogens with zero attached hydrogens (tertiary/aromatic N) is 2. The van der Waals surface area contributed by atoms with Crippen LogP contribution in [-0.2, 0) is 13.1 Å². The SMILES string of the molecule is C=CCn1c(C)c(C)c2ccnc(NCc3cccc(C)c3)c21. The van der Waals surface area contributed by atoms with E-state index >= 15 is 0 Å². The zero-order valence-electron chi connectivity index (χ0n) is 14.1. The van der Waals surface area contributed by atoms with Gasteiger partial charge in [-0.2, -0.15) is 0 Å². The average Bonchev–Trinajstić information content (AvgIpc) is 2.79. The van der Waals surface area contributed by atoms with Gasteiger partial charge in [0.05, 0.1) is 5.52 Å². The van der Waals surface area contributed by atoms with Crippen molar-refractivity contribution in [1.29, 1.82) is 0 Å². The Bertz CT molecular complexity index is 859. The molecule has 0 spiro atoms. The molecule has 0 fully saturated rings. The van der Waals surface area contributed by atoms with Crippen LogP contribution >= 0.6 is 0 Å². The van der Waals surface area contributed by atoms with Crippen LogP contribution in [0.3, 0.4) is 0 Å². The second kappa shape index (κ2) is 6.29. The maximum absolute atomic E-state index is 4.58. The van der Waals surface area contributed by atoms with Crippen molar-refractivity contribution in [3.05, 3.63) is 71.6 Å². The van der Waals surface area contributed by atoms with E-state index in [1.54, 1.807) is 0 Å². The van der Waals surface area contributed by atoms with E-state index in [0.717, 1.165) is 24.4 Å². The predicted octanol–water partition coefficient (Wildman–Crippen LogP) is 4.76. The lowest BCUT2D eigenvalue weighted by Gasteiger charge is -2.11. The number of allylic oxidation sites excluding steroid dienone is 1. The van der Waals surface area contributed by atoms with Crippen LogP contribution in [-0.4, -0.2) is 9.55 Å². The summed E-state index contributed by atoms with van der Waals surface area (Å²) < 4.78 is 2.28. The third-order valence-electron chi connectivity index (χ3n) is 4.40. The topological polar surface area (TPSA) is 29.9 Å². The number of nitrogens with one attached hydrogen (secondary N) is 1. The van der Waals surface area contributed by atoms with Crippen LogP contribution in [0.15, 0.2) is 49.2 Å². The smallest absolute Gasteiger partial charge is 0.150 e. The summed E-state index contributed by atoms with van der Waals surface area (Å²) in [5.41, 5.74) is 6.28. The van der Waals surface area contributed by atoms with Crippen molar-refractivity contribution in [2.24, 2.45) is 0 Å². The molecular formula is C20H23N3. The first-order valence-electron chi connectivity index (χ1n) is 7.96. The number of aryl methyl sites for hydroxylation is 2. The van der Waals surface area contributed by atoms with Crippen molar-refractivity contribution in [2.75, 3.05) is 5.32 Å². The van der Waals surface area contributed by atoms with E-state index in [9.17, 15) is 0 Å².